The van der Waals surface area contributed by atoms with E-state index in [1.807, 2.05) is 0 Å². The Morgan fingerprint density at radius 3 is 2.46 bits per heavy atom. The third-order valence-electron chi connectivity index (χ3n) is 4.39. The van der Waals surface area contributed by atoms with Crippen LogP contribution >= 0.6 is 0 Å². The summed E-state index contributed by atoms with van der Waals surface area (Å²) in [6, 6.07) is 9.16. The molecule has 1 saturated heterocycles. The average molecular weight is 393 g/mol. The van der Waals surface area contributed by atoms with E-state index < -0.39 is 12.5 Å². The fourth-order valence-electron chi connectivity index (χ4n) is 2.87. The van der Waals surface area contributed by atoms with Gasteiger partial charge in [0.2, 0.25) is 0 Å². The molecule has 0 radical (unpaired) electrons. The van der Waals surface area contributed by atoms with Crippen LogP contribution in [0.3, 0.4) is 0 Å². The highest BCUT2D eigenvalue weighted by Gasteiger charge is 2.19. The molecule has 1 fully saturated rings. The maximum Gasteiger partial charge on any atom is 0.319 e. The SMILES string of the molecule is Cc1ccc(C(=O)Nc2ccc(OCC(=O)N3CCOCC3)cc2)n1C(F)F. The molecule has 0 bridgehead atoms. The molecule has 3 rings (SSSR count). The van der Waals surface area contributed by atoms with E-state index in [4.69, 9.17) is 9.47 Å². The Bertz CT molecular complexity index is 830. The highest BCUT2D eigenvalue weighted by molar-refractivity contribution is 6.03. The van der Waals surface area contributed by atoms with Crippen LogP contribution in [0.25, 0.3) is 0 Å². The minimum atomic E-state index is -2.80. The number of amides is 2. The van der Waals surface area contributed by atoms with Crippen molar-refractivity contribution in [1.29, 1.82) is 0 Å². The zero-order valence-electron chi connectivity index (χ0n) is 15.4. The second-order valence-electron chi connectivity index (χ2n) is 6.27. The van der Waals surface area contributed by atoms with Crippen molar-refractivity contribution in [2.24, 2.45) is 0 Å². The predicted octanol–water partition coefficient (Wildman–Crippen LogP) is 2.68. The maximum atomic E-state index is 13.1. The van der Waals surface area contributed by atoms with Gasteiger partial charge in [0.25, 0.3) is 11.8 Å². The molecule has 2 aromatic rings. The highest BCUT2D eigenvalue weighted by Crippen LogP contribution is 2.21. The average Bonchev–Trinajstić information content (AvgIpc) is 3.10. The Hall–Kier alpha value is -2.94. The van der Waals surface area contributed by atoms with E-state index in [9.17, 15) is 18.4 Å². The topological polar surface area (TPSA) is 72.8 Å². The summed E-state index contributed by atoms with van der Waals surface area (Å²) in [4.78, 5) is 26.0. The molecule has 2 amide bonds. The lowest BCUT2D eigenvalue weighted by molar-refractivity contribution is -0.137. The monoisotopic (exact) mass is 393 g/mol. The molecule has 1 aliphatic heterocycles. The summed E-state index contributed by atoms with van der Waals surface area (Å²) in [5.74, 6) is -0.292. The lowest BCUT2D eigenvalue weighted by atomic mass is 10.3. The van der Waals surface area contributed by atoms with Gasteiger partial charge in [0, 0.05) is 24.5 Å². The molecule has 150 valence electrons. The van der Waals surface area contributed by atoms with Crippen LogP contribution in [0, 0.1) is 6.92 Å². The van der Waals surface area contributed by atoms with Gasteiger partial charge in [-0.15, -0.1) is 0 Å². The lowest BCUT2D eigenvalue weighted by Crippen LogP contribution is -2.42. The number of rotatable bonds is 6. The molecule has 0 unspecified atom stereocenters. The number of anilines is 1. The molecule has 0 saturated carbocycles. The number of hydrogen-bond acceptors (Lipinski definition) is 4. The molecular weight excluding hydrogens is 372 g/mol. The van der Waals surface area contributed by atoms with E-state index in [-0.39, 0.29) is 18.2 Å². The lowest BCUT2D eigenvalue weighted by Gasteiger charge is -2.26. The summed E-state index contributed by atoms with van der Waals surface area (Å²) in [6.07, 6.45) is 0. The summed E-state index contributed by atoms with van der Waals surface area (Å²) in [5.41, 5.74) is 0.606. The molecule has 1 aromatic heterocycles. The van der Waals surface area contributed by atoms with E-state index in [1.165, 1.54) is 19.1 Å². The number of aryl methyl sites for hydroxylation is 1. The number of carbonyl (C=O) groups is 2. The fraction of sp³-hybridized carbons (Fsp3) is 0.368. The van der Waals surface area contributed by atoms with Gasteiger partial charge in [-0.25, -0.2) is 0 Å². The number of carbonyl (C=O) groups excluding carboxylic acids is 2. The van der Waals surface area contributed by atoms with Crippen LogP contribution in [-0.4, -0.2) is 54.2 Å². The molecule has 1 N–H and O–H groups in total. The standard InChI is InChI=1S/C19H21F2N3O4/c1-13-2-7-16(24(13)19(20)21)18(26)22-14-3-5-15(6-4-14)28-12-17(25)23-8-10-27-11-9-23/h2-7,19H,8-12H2,1H3,(H,22,26). The van der Waals surface area contributed by atoms with Crippen molar-refractivity contribution in [3.8, 4) is 5.75 Å². The number of aromatic nitrogens is 1. The Labute approximate surface area is 160 Å². The number of hydrogen-bond donors (Lipinski definition) is 1. The van der Waals surface area contributed by atoms with Crippen LogP contribution < -0.4 is 10.1 Å². The van der Waals surface area contributed by atoms with Crippen LogP contribution in [0.1, 0.15) is 22.7 Å². The molecule has 1 aliphatic rings. The van der Waals surface area contributed by atoms with E-state index >= 15 is 0 Å². The normalized spacial score (nSPS) is 14.2. The van der Waals surface area contributed by atoms with Gasteiger partial charge in [0.15, 0.2) is 6.61 Å². The van der Waals surface area contributed by atoms with Crippen molar-refractivity contribution in [1.82, 2.24) is 9.47 Å². The van der Waals surface area contributed by atoms with Gasteiger partial charge in [-0.3, -0.25) is 14.2 Å². The van der Waals surface area contributed by atoms with E-state index in [0.29, 0.717) is 48.0 Å². The van der Waals surface area contributed by atoms with Gasteiger partial charge in [0.05, 0.1) is 13.2 Å². The minimum absolute atomic E-state index is 0.0904. The Morgan fingerprint density at radius 1 is 1.14 bits per heavy atom. The van der Waals surface area contributed by atoms with Crippen LogP contribution in [0.4, 0.5) is 14.5 Å². The first-order chi connectivity index (χ1) is 13.5. The molecule has 2 heterocycles. The molecule has 28 heavy (non-hydrogen) atoms. The summed E-state index contributed by atoms with van der Waals surface area (Å²) in [6.45, 7) is 0.763. The van der Waals surface area contributed by atoms with Crippen molar-refractivity contribution >= 4 is 17.5 Å². The predicted molar refractivity (Wildman–Crippen MR) is 97.7 cm³/mol. The summed E-state index contributed by atoms with van der Waals surface area (Å²) < 4.78 is 37.5. The number of nitrogens with one attached hydrogen (secondary N) is 1. The zero-order chi connectivity index (χ0) is 20.1. The zero-order valence-corrected chi connectivity index (χ0v) is 15.4. The Balaban J connectivity index is 1.55. The Kier molecular flexibility index (Phi) is 6.25. The van der Waals surface area contributed by atoms with Crippen LogP contribution in [-0.2, 0) is 9.53 Å². The first-order valence-electron chi connectivity index (χ1n) is 8.81. The van der Waals surface area contributed by atoms with Gasteiger partial charge in [0.1, 0.15) is 11.4 Å². The third-order valence-corrected chi connectivity index (χ3v) is 4.39. The highest BCUT2D eigenvalue weighted by atomic mass is 19.3. The van der Waals surface area contributed by atoms with Crippen molar-refractivity contribution in [2.75, 3.05) is 38.2 Å². The van der Waals surface area contributed by atoms with Crippen molar-refractivity contribution in [3.63, 3.8) is 0 Å². The van der Waals surface area contributed by atoms with E-state index in [0.717, 1.165) is 0 Å². The van der Waals surface area contributed by atoms with Crippen molar-refractivity contribution < 1.29 is 27.8 Å². The Morgan fingerprint density at radius 2 is 1.82 bits per heavy atom. The summed E-state index contributed by atoms with van der Waals surface area (Å²) in [5, 5.41) is 2.57. The van der Waals surface area contributed by atoms with Gasteiger partial charge < -0.3 is 19.7 Å². The second-order valence-corrected chi connectivity index (χ2v) is 6.27. The number of alkyl halides is 2. The summed E-state index contributed by atoms with van der Waals surface area (Å²) in [7, 11) is 0. The number of nitrogens with zero attached hydrogens (tertiary/aromatic N) is 2. The van der Waals surface area contributed by atoms with E-state index in [1.54, 1.807) is 29.2 Å². The second kappa shape index (κ2) is 8.83. The van der Waals surface area contributed by atoms with Crippen LogP contribution in [0.15, 0.2) is 36.4 Å². The van der Waals surface area contributed by atoms with E-state index in [2.05, 4.69) is 5.32 Å². The summed E-state index contributed by atoms with van der Waals surface area (Å²) >= 11 is 0. The number of morpholine rings is 1. The minimum Gasteiger partial charge on any atom is -0.484 e. The maximum absolute atomic E-state index is 13.1. The number of ether oxygens (including phenoxy) is 2. The van der Waals surface area contributed by atoms with Crippen molar-refractivity contribution in [3.05, 3.63) is 47.8 Å². The molecule has 0 aliphatic carbocycles. The third kappa shape index (κ3) is 4.66. The first kappa shape index (κ1) is 19.8. The molecule has 7 nitrogen and oxygen atoms in total. The number of halogens is 2. The van der Waals surface area contributed by atoms with Gasteiger partial charge in [-0.2, -0.15) is 8.78 Å². The van der Waals surface area contributed by atoms with Crippen molar-refractivity contribution in [2.45, 2.75) is 13.5 Å². The van der Waals surface area contributed by atoms with Gasteiger partial charge in [-0.05, 0) is 43.3 Å². The first-order valence-corrected chi connectivity index (χ1v) is 8.81. The molecular formula is C19H21F2N3O4. The van der Waals surface area contributed by atoms with Crippen LogP contribution in [0.5, 0.6) is 5.75 Å². The van der Waals surface area contributed by atoms with Gasteiger partial charge in [-0.1, -0.05) is 0 Å². The molecule has 0 atom stereocenters. The largest absolute Gasteiger partial charge is 0.484 e. The smallest absolute Gasteiger partial charge is 0.319 e. The fourth-order valence-corrected chi connectivity index (χ4v) is 2.87. The van der Waals surface area contributed by atoms with Gasteiger partial charge >= 0.3 is 6.55 Å². The molecule has 9 heteroatoms. The molecule has 0 spiro atoms. The quantitative estimate of drug-likeness (QED) is 0.819. The molecule has 1 aromatic carbocycles. The van der Waals surface area contributed by atoms with Crippen LogP contribution in [0.2, 0.25) is 0 Å². The number of benzene rings is 1.